The number of ether oxygens (including phenoxy) is 1. The second-order valence-corrected chi connectivity index (χ2v) is 9.10. The molecule has 188 valence electrons. The minimum atomic E-state index is -0.336. The van der Waals surface area contributed by atoms with Gasteiger partial charge in [0.1, 0.15) is 11.3 Å². The highest BCUT2D eigenvalue weighted by molar-refractivity contribution is 5.85. The summed E-state index contributed by atoms with van der Waals surface area (Å²) in [6.07, 6.45) is 11.8. The average Bonchev–Trinajstić information content (AvgIpc) is 3.25. The van der Waals surface area contributed by atoms with Crippen LogP contribution in [-0.2, 0) is 11.8 Å². The number of carbonyl (C=O) groups is 1. The molecule has 1 fully saturated rings. The van der Waals surface area contributed by atoms with E-state index in [1.807, 2.05) is 35.9 Å². The number of fused-ring (bicyclic) bond motifs is 1. The van der Waals surface area contributed by atoms with Crippen LogP contribution < -0.4 is 20.9 Å². The fourth-order valence-electron chi connectivity index (χ4n) is 4.40. The van der Waals surface area contributed by atoms with E-state index in [4.69, 9.17) is 14.9 Å². The molecule has 0 atom stereocenters. The molecule has 1 aliphatic rings. The summed E-state index contributed by atoms with van der Waals surface area (Å²) < 4.78 is 7.78. The van der Waals surface area contributed by atoms with Crippen LogP contribution in [0.25, 0.3) is 11.2 Å². The summed E-state index contributed by atoms with van der Waals surface area (Å²) >= 11 is 0. The number of anilines is 3. The van der Waals surface area contributed by atoms with Gasteiger partial charge in [0.25, 0.3) is 0 Å². The number of imidazole rings is 1. The van der Waals surface area contributed by atoms with Crippen molar-refractivity contribution in [2.24, 2.45) is 7.05 Å². The van der Waals surface area contributed by atoms with Crippen molar-refractivity contribution >= 4 is 34.5 Å². The number of carbonyl (C=O) groups excluding carboxylic acids is 1. The molecule has 10 nitrogen and oxygen atoms in total. The van der Waals surface area contributed by atoms with Gasteiger partial charge in [-0.3, -0.25) is 10.0 Å². The molecule has 0 radical (unpaired) electrons. The van der Waals surface area contributed by atoms with Crippen LogP contribution in [0, 0.1) is 0 Å². The van der Waals surface area contributed by atoms with Crippen molar-refractivity contribution in [3.63, 3.8) is 0 Å². The maximum atomic E-state index is 11.0. The number of amides is 1. The van der Waals surface area contributed by atoms with Gasteiger partial charge < -0.3 is 19.9 Å². The molecule has 10 heteroatoms. The Morgan fingerprint density at radius 1 is 1.09 bits per heavy atom. The number of hydrogen-bond acceptors (Lipinski definition) is 8. The molecule has 0 aliphatic heterocycles. The van der Waals surface area contributed by atoms with Crippen molar-refractivity contribution in [3.8, 4) is 5.75 Å². The number of nitrogens with one attached hydrogen (secondary N) is 3. The largest absolute Gasteiger partial charge is 0.494 e. The van der Waals surface area contributed by atoms with Crippen LogP contribution in [0.2, 0.25) is 0 Å². The molecule has 2 heterocycles. The van der Waals surface area contributed by atoms with Crippen LogP contribution in [0.1, 0.15) is 64.2 Å². The van der Waals surface area contributed by atoms with Crippen LogP contribution in [-0.4, -0.2) is 43.3 Å². The number of unbranched alkanes of at least 4 members (excludes halogenated alkanes) is 3. The molecular formula is C25H35N7O3. The van der Waals surface area contributed by atoms with E-state index in [-0.39, 0.29) is 5.91 Å². The minimum absolute atomic E-state index is 0.336. The second kappa shape index (κ2) is 12.3. The first-order valence-corrected chi connectivity index (χ1v) is 12.5. The molecule has 0 bridgehead atoms. The summed E-state index contributed by atoms with van der Waals surface area (Å²) in [6, 6.07) is 8.18. The molecule has 2 aromatic heterocycles. The summed E-state index contributed by atoms with van der Waals surface area (Å²) in [5.41, 5.74) is 4.11. The summed E-state index contributed by atoms with van der Waals surface area (Å²) in [5.74, 6) is 1.80. The summed E-state index contributed by atoms with van der Waals surface area (Å²) in [4.78, 5) is 24.8. The first kappa shape index (κ1) is 24.7. The van der Waals surface area contributed by atoms with E-state index >= 15 is 0 Å². The van der Waals surface area contributed by atoms with Gasteiger partial charge in [0.15, 0.2) is 11.5 Å². The van der Waals surface area contributed by atoms with Gasteiger partial charge in [-0.25, -0.2) is 10.5 Å². The van der Waals surface area contributed by atoms with Crippen LogP contribution in [0.4, 0.5) is 17.5 Å². The van der Waals surface area contributed by atoms with Crippen LogP contribution >= 0.6 is 0 Å². The Morgan fingerprint density at radius 2 is 1.86 bits per heavy atom. The molecular weight excluding hydrogens is 446 g/mol. The van der Waals surface area contributed by atoms with E-state index < -0.39 is 0 Å². The summed E-state index contributed by atoms with van der Waals surface area (Å²) in [6.45, 7) is 0.620. The SMILES string of the molecule is Cn1cnc2nc(Nc3ccc(OCCCCCCC(=O)NO)cc3)nc(NC3CCCCC3)c21. The van der Waals surface area contributed by atoms with E-state index in [0.29, 0.717) is 30.7 Å². The third-order valence-electron chi connectivity index (χ3n) is 6.32. The van der Waals surface area contributed by atoms with Gasteiger partial charge in [-0.05, 0) is 49.9 Å². The highest BCUT2D eigenvalue weighted by Gasteiger charge is 2.18. The van der Waals surface area contributed by atoms with E-state index in [9.17, 15) is 4.79 Å². The van der Waals surface area contributed by atoms with Crippen molar-refractivity contribution in [2.45, 2.75) is 70.3 Å². The predicted octanol–water partition coefficient (Wildman–Crippen LogP) is 4.69. The number of aryl methyl sites for hydroxylation is 1. The third-order valence-corrected chi connectivity index (χ3v) is 6.32. The molecule has 3 aromatic rings. The van der Waals surface area contributed by atoms with E-state index in [1.54, 1.807) is 11.8 Å². The zero-order valence-corrected chi connectivity index (χ0v) is 20.3. The van der Waals surface area contributed by atoms with Crippen molar-refractivity contribution in [1.29, 1.82) is 0 Å². The van der Waals surface area contributed by atoms with Crippen molar-refractivity contribution < 1.29 is 14.7 Å². The number of aromatic nitrogens is 4. The molecule has 0 saturated heterocycles. The van der Waals surface area contributed by atoms with Gasteiger partial charge in [0, 0.05) is 25.2 Å². The number of hydrogen-bond donors (Lipinski definition) is 4. The lowest BCUT2D eigenvalue weighted by Crippen LogP contribution is -2.23. The Morgan fingerprint density at radius 3 is 2.63 bits per heavy atom. The standard InChI is InChI=1S/C25H35N7O3/c1-32-17-26-23-22(32)24(27-18-9-5-4-6-10-18)30-25(29-23)28-19-12-14-20(15-13-19)35-16-8-3-2-7-11-21(33)31-34/h12-15,17-18,34H,2-11,16H2,1H3,(H,31,33)(H2,27,28,29,30). The topological polar surface area (TPSA) is 126 Å². The summed E-state index contributed by atoms with van der Waals surface area (Å²) in [5, 5.41) is 15.4. The van der Waals surface area contributed by atoms with Crippen molar-refractivity contribution in [3.05, 3.63) is 30.6 Å². The van der Waals surface area contributed by atoms with Gasteiger partial charge in [-0.2, -0.15) is 9.97 Å². The first-order valence-electron chi connectivity index (χ1n) is 12.5. The monoisotopic (exact) mass is 481 g/mol. The summed E-state index contributed by atoms with van der Waals surface area (Å²) in [7, 11) is 1.96. The quantitative estimate of drug-likeness (QED) is 0.167. The molecule has 35 heavy (non-hydrogen) atoms. The van der Waals surface area contributed by atoms with Crippen molar-refractivity contribution in [1.82, 2.24) is 25.0 Å². The second-order valence-electron chi connectivity index (χ2n) is 9.10. The Labute approximate surface area is 205 Å². The predicted molar refractivity (Wildman–Crippen MR) is 135 cm³/mol. The lowest BCUT2D eigenvalue weighted by atomic mass is 9.95. The van der Waals surface area contributed by atoms with Gasteiger partial charge in [0.05, 0.1) is 12.9 Å². The number of benzene rings is 1. The zero-order chi connectivity index (χ0) is 24.5. The average molecular weight is 482 g/mol. The maximum absolute atomic E-state index is 11.0. The molecule has 0 spiro atoms. The van der Waals surface area contributed by atoms with Crippen LogP contribution in [0.3, 0.4) is 0 Å². The third kappa shape index (κ3) is 7.05. The van der Waals surface area contributed by atoms with Crippen LogP contribution in [0.5, 0.6) is 5.75 Å². The van der Waals surface area contributed by atoms with Gasteiger partial charge in [-0.1, -0.05) is 32.1 Å². The van der Waals surface area contributed by atoms with Gasteiger partial charge >= 0.3 is 0 Å². The number of hydroxylamine groups is 1. The highest BCUT2D eigenvalue weighted by atomic mass is 16.5. The molecule has 1 saturated carbocycles. The molecule has 1 aromatic carbocycles. The van der Waals surface area contributed by atoms with E-state index in [1.165, 1.54) is 19.3 Å². The molecule has 4 N–H and O–H groups in total. The number of rotatable bonds is 12. The van der Waals surface area contributed by atoms with Crippen LogP contribution in [0.15, 0.2) is 30.6 Å². The Balaban J connectivity index is 1.30. The fourth-order valence-corrected chi connectivity index (χ4v) is 4.40. The Bertz CT molecular complexity index is 1090. The minimum Gasteiger partial charge on any atom is -0.494 e. The zero-order valence-electron chi connectivity index (χ0n) is 20.3. The fraction of sp³-hybridized carbons (Fsp3) is 0.520. The van der Waals surface area contributed by atoms with E-state index in [0.717, 1.165) is 61.3 Å². The Kier molecular flexibility index (Phi) is 8.72. The lowest BCUT2D eigenvalue weighted by Gasteiger charge is -2.23. The molecule has 0 unspecified atom stereocenters. The smallest absolute Gasteiger partial charge is 0.243 e. The lowest BCUT2D eigenvalue weighted by molar-refractivity contribution is -0.129. The maximum Gasteiger partial charge on any atom is 0.243 e. The van der Waals surface area contributed by atoms with Gasteiger partial charge in [-0.15, -0.1) is 0 Å². The highest BCUT2D eigenvalue weighted by Crippen LogP contribution is 2.27. The normalized spacial score (nSPS) is 14.1. The first-order chi connectivity index (χ1) is 17.1. The Hall–Kier alpha value is -3.40. The van der Waals surface area contributed by atoms with E-state index in [2.05, 4.69) is 20.6 Å². The molecule has 1 amide bonds. The molecule has 1 aliphatic carbocycles. The van der Waals surface area contributed by atoms with Gasteiger partial charge in [0.2, 0.25) is 11.9 Å². The number of nitrogens with zero attached hydrogens (tertiary/aromatic N) is 4. The molecule has 4 rings (SSSR count). The van der Waals surface area contributed by atoms with Crippen molar-refractivity contribution in [2.75, 3.05) is 17.2 Å².